The van der Waals surface area contributed by atoms with Crippen LogP contribution in [0.4, 0.5) is 0 Å². The second-order valence-corrected chi connectivity index (χ2v) is 6.30. The van der Waals surface area contributed by atoms with Crippen molar-refractivity contribution < 1.29 is 19.1 Å². The smallest absolute Gasteiger partial charge is 0.328 e. The van der Waals surface area contributed by atoms with Gasteiger partial charge in [0.05, 0.1) is 0 Å². The summed E-state index contributed by atoms with van der Waals surface area (Å²) in [5, 5.41) is 5.87. The number of rotatable bonds is 6. The molecule has 0 spiro atoms. The molecule has 1 fully saturated rings. The maximum Gasteiger partial charge on any atom is 0.328 e. The normalized spacial score (nSPS) is 15.6. The molecule has 24 heavy (non-hydrogen) atoms. The van der Waals surface area contributed by atoms with Gasteiger partial charge in [0.15, 0.2) is 6.61 Å². The molecule has 0 heterocycles. The number of hydrogen-bond acceptors (Lipinski definition) is 4. The third kappa shape index (κ3) is 5.53. The van der Waals surface area contributed by atoms with E-state index in [9.17, 15) is 14.4 Å². The molecule has 2 amide bonds. The Morgan fingerprint density at radius 3 is 2.46 bits per heavy atom. The first-order valence-electron chi connectivity index (χ1n) is 7.98. The fourth-order valence-electron chi connectivity index (χ4n) is 2.54. The quantitative estimate of drug-likeness (QED) is 0.767. The molecule has 1 saturated carbocycles. The standard InChI is InChI=1S/C17H21ClN2O4/c1-11(19-16(22)12-6-8-13(18)9-7-12)17(23)24-10-15(21)20-14-4-2-3-5-14/h6-9,11,14H,2-5,10H2,1H3,(H,19,22)(H,20,21)/t11-/m0/s1. The molecule has 2 N–H and O–H groups in total. The van der Waals surface area contributed by atoms with Crippen LogP contribution in [0.3, 0.4) is 0 Å². The Morgan fingerprint density at radius 2 is 1.83 bits per heavy atom. The Labute approximate surface area is 145 Å². The van der Waals surface area contributed by atoms with Gasteiger partial charge in [-0.05, 0) is 44.0 Å². The van der Waals surface area contributed by atoms with Crippen LogP contribution in [0.25, 0.3) is 0 Å². The first-order valence-corrected chi connectivity index (χ1v) is 8.36. The van der Waals surface area contributed by atoms with Crippen LogP contribution in [0.2, 0.25) is 5.02 Å². The lowest BCUT2D eigenvalue weighted by molar-refractivity contribution is -0.150. The van der Waals surface area contributed by atoms with E-state index in [-0.39, 0.29) is 18.6 Å². The summed E-state index contributed by atoms with van der Waals surface area (Å²) in [6.07, 6.45) is 4.15. The van der Waals surface area contributed by atoms with E-state index in [1.54, 1.807) is 24.3 Å². The Morgan fingerprint density at radius 1 is 1.21 bits per heavy atom. The lowest BCUT2D eigenvalue weighted by Crippen LogP contribution is -2.42. The molecular formula is C17H21ClN2O4. The number of ether oxygens (including phenoxy) is 1. The zero-order valence-electron chi connectivity index (χ0n) is 13.5. The summed E-state index contributed by atoms with van der Waals surface area (Å²) < 4.78 is 4.94. The predicted octanol–water partition coefficient (Wildman–Crippen LogP) is 2.06. The highest BCUT2D eigenvalue weighted by atomic mass is 35.5. The summed E-state index contributed by atoms with van der Waals surface area (Å²) in [7, 11) is 0. The van der Waals surface area contributed by atoms with Crippen molar-refractivity contribution in [2.45, 2.75) is 44.7 Å². The fraction of sp³-hybridized carbons (Fsp3) is 0.471. The van der Waals surface area contributed by atoms with Crippen molar-refractivity contribution in [1.29, 1.82) is 0 Å². The van der Waals surface area contributed by atoms with Gasteiger partial charge < -0.3 is 15.4 Å². The van der Waals surface area contributed by atoms with Crippen molar-refractivity contribution in [2.24, 2.45) is 0 Å². The number of amides is 2. The van der Waals surface area contributed by atoms with Crippen LogP contribution in [-0.4, -0.2) is 36.5 Å². The highest BCUT2D eigenvalue weighted by Gasteiger charge is 2.21. The van der Waals surface area contributed by atoms with E-state index >= 15 is 0 Å². The van der Waals surface area contributed by atoms with E-state index in [4.69, 9.17) is 16.3 Å². The van der Waals surface area contributed by atoms with Crippen molar-refractivity contribution in [1.82, 2.24) is 10.6 Å². The van der Waals surface area contributed by atoms with Gasteiger partial charge in [-0.1, -0.05) is 24.4 Å². The van der Waals surface area contributed by atoms with Crippen LogP contribution in [0.1, 0.15) is 43.0 Å². The van der Waals surface area contributed by atoms with Crippen molar-refractivity contribution in [2.75, 3.05) is 6.61 Å². The summed E-state index contributed by atoms with van der Waals surface area (Å²) in [4.78, 5) is 35.6. The second-order valence-electron chi connectivity index (χ2n) is 5.86. The van der Waals surface area contributed by atoms with Gasteiger partial charge in [0, 0.05) is 16.6 Å². The SMILES string of the molecule is C[C@H](NC(=O)c1ccc(Cl)cc1)C(=O)OCC(=O)NC1CCCC1. The van der Waals surface area contributed by atoms with Crippen LogP contribution in [0.15, 0.2) is 24.3 Å². The third-order valence-corrected chi connectivity index (χ3v) is 4.13. The van der Waals surface area contributed by atoms with Gasteiger partial charge in [0.2, 0.25) is 0 Å². The van der Waals surface area contributed by atoms with Crippen LogP contribution >= 0.6 is 11.6 Å². The monoisotopic (exact) mass is 352 g/mol. The Hall–Kier alpha value is -2.08. The molecule has 0 radical (unpaired) electrons. The highest BCUT2D eigenvalue weighted by Crippen LogP contribution is 2.17. The van der Waals surface area contributed by atoms with Crippen LogP contribution in [0, 0.1) is 0 Å². The Kier molecular flexibility index (Phi) is 6.61. The van der Waals surface area contributed by atoms with E-state index in [0.29, 0.717) is 10.6 Å². The van der Waals surface area contributed by atoms with Gasteiger partial charge in [-0.15, -0.1) is 0 Å². The minimum Gasteiger partial charge on any atom is -0.454 e. The molecule has 1 aromatic carbocycles. The van der Waals surface area contributed by atoms with Crippen molar-refractivity contribution in [3.63, 3.8) is 0 Å². The van der Waals surface area contributed by atoms with Crippen molar-refractivity contribution in [3.8, 4) is 0 Å². The molecule has 7 heteroatoms. The molecule has 1 aromatic rings. The lowest BCUT2D eigenvalue weighted by Gasteiger charge is -2.15. The molecule has 0 unspecified atom stereocenters. The maximum absolute atomic E-state index is 12.0. The summed E-state index contributed by atoms with van der Waals surface area (Å²) in [5.74, 6) is -1.38. The van der Waals surface area contributed by atoms with Crippen molar-refractivity contribution in [3.05, 3.63) is 34.9 Å². The number of carbonyl (C=O) groups excluding carboxylic acids is 3. The average molecular weight is 353 g/mol. The second kappa shape index (κ2) is 8.68. The summed E-state index contributed by atoms with van der Waals surface area (Å²) in [5.41, 5.74) is 0.387. The number of esters is 1. The topological polar surface area (TPSA) is 84.5 Å². The van der Waals surface area contributed by atoms with Crippen LogP contribution in [-0.2, 0) is 14.3 Å². The summed E-state index contributed by atoms with van der Waals surface area (Å²) >= 11 is 5.76. The molecule has 1 atom stereocenters. The molecule has 0 bridgehead atoms. The first-order chi connectivity index (χ1) is 11.5. The van der Waals surface area contributed by atoms with Gasteiger partial charge in [-0.25, -0.2) is 4.79 Å². The fourth-order valence-corrected chi connectivity index (χ4v) is 2.67. The van der Waals surface area contributed by atoms with Gasteiger partial charge in [0.25, 0.3) is 11.8 Å². The minimum atomic E-state index is -0.854. The molecule has 1 aliphatic rings. The largest absolute Gasteiger partial charge is 0.454 e. The van der Waals surface area contributed by atoms with E-state index in [1.165, 1.54) is 6.92 Å². The zero-order chi connectivity index (χ0) is 17.5. The minimum absolute atomic E-state index is 0.179. The zero-order valence-corrected chi connectivity index (χ0v) is 14.3. The van der Waals surface area contributed by atoms with Gasteiger partial charge in [-0.3, -0.25) is 9.59 Å². The van der Waals surface area contributed by atoms with E-state index in [0.717, 1.165) is 25.7 Å². The van der Waals surface area contributed by atoms with Crippen LogP contribution < -0.4 is 10.6 Å². The summed E-state index contributed by atoms with van der Waals surface area (Å²) in [6, 6.07) is 5.63. The summed E-state index contributed by atoms with van der Waals surface area (Å²) in [6.45, 7) is 1.17. The molecule has 2 rings (SSSR count). The molecule has 130 valence electrons. The van der Waals surface area contributed by atoms with Gasteiger partial charge in [0.1, 0.15) is 6.04 Å². The molecule has 0 aromatic heterocycles. The first kappa shape index (κ1) is 18.3. The Balaban J connectivity index is 1.73. The number of hydrogen-bond donors (Lipinski definition) is 2. The molecule has 0 aliphatic heterocycles. The highest BCUT2D eigenvalue weighted by molar-refractivity contribution is 6.30. The number of halogens is 1. The number of nitrogens with one attached hydrogen (secondary N) is 2. The third-order valence-electron chi connectivity index (χ3n) is 3.87. The maximum atomic E-state index is 12.0. The molecular weight excluding hydrogens is 332 g/mol. The average Bonchev–Trinajstić information content (AvgIpc) is 3.06. The van der Waals surface area contributed by atoms with Crippen LogP contribution in [0.5, 0.6) is 0 Å². The van der Waals surface area contributed by atoms with Gasteiger partial charge >= 0.3 is 5.97 Å². The van der Waals surface area contributed by atoms with E-state index in [2.05, 4.69) is 10.6 Å². The molecule has 0 saturated heterocycles. The number of benzene rings is 1. The molecule has 6 nitrogen and oxygen atoms in total. The van der Waals surface area contributed by atoms with Crippen molar-refractivity contribution >= 4 is 29.4 Å². The molecule has 1 aliphatic carbocycles. The van der Waals surface area contributed by atoms with E-state index in [1.807, 2.05) is 0 Å². The van der Waals surface area contributed by atoms with E-state index < -0.39 is 17.9 Å². The lowest BCUT2D eigenvalue weighted by atomic mass is 10.2. The Bertz CT molecular complexity index is 597. The van der Waals surface area contributed by atoms with Gasteiger partial charge in [-0.2, -0.15) is 0 Å². The predicted molar refractivity (Wildman–Crippen MR) is 89.7 cm³/mol. The number of carbonyl (C=O) groups is 3.